The van der Waals surface area contributed by atoms with E-state index < -0.39 is 5.41 Å². The Labute approximate surface area is 125 Å². The fourth-order valence-corrected chi connectivity index (χ4v) is 3.40. The van der Waals surface area contributed by atoms with Gasteiger partial charge in [-0.1, -0.05) is 48.0 Å². The summed E-state index contributed by atoms with van der Waals surface area (Å²) in [6.45, 7) is 15.1. The zero-order chi connectivity index (χ0) is 15.6. The third-order valence-electron chi connectivity index (χ3n) is 5.97. The molecule has 118 valence electrons. The zero-order valence-electron chi connectivity index (χ0n) is 14.6. The number of rotatable bonds is 4. The maximum atomic E-state index is 13.0. The van der Waals surface area contributed by atoms with Gasteiger partial charge in [-0.15, -0.1) is 0 Å². The van der Waals surface area contributed by atoms with E-state index in [0.717, 1.165) is 19.3 Å². The van der Waals surface area contributed by atoms with Crippen molar-refractivity contribution in [2.45, 2.75) is 93.1 Å². The van der Waals surface area contributed by atoms with Gasteiger partial charge in [-0.2, -0.15) is 0 Å². The number of ether oxygens (including phenoxy) is 1. The summed E-state index contributed by atoms with van der Waals surface area (Å²) in [5.74, 6) is 0.00347. The van der Waals surface area contributed by atoms with E-state index in [4.69, 9.17) is 4.74 Å². The second kappa shape index (κ2) is 6.07. The Balaban J connectivity index is 2.96. The van der Waals surface area contributed by atoms with E-state index in [2.05, 4.69) is 48.5 Å². The smallest absolute Gasteiger partial charge is 0.313 e. The Bertz CT molecular complexity index is 332. The summed E-state index contributed by atoms with van der Waals surface area (Å²) in [6, 6.07) is 0. The van der Waals surface area contributed by atoms with E-state index >= 15 is 0 Å². The number of carbonyl (C=O) groups is 1. The molecule has 0 aromatic rings. The monoisotopic (exact) mass is 282 g/mol. The highest BCUT2D eigenvalue weighted by Crippen LogP contribution is 2.54. The molecule has 0 aromatic heterocycles. The molecule has 0 saturated heterocycles. The van der Waals surface area contributed by atoms with Crippen LogP contribution in [0.5, 0.6) is 0 Å². The van der Waals surface area contributed by atoms with Crippen molar-refractivity contribution < 1.29 is 9.53 Å². The van der Waals surface area contributed by atoms with Gasteiger partial charge in [0.15, 0.2) is 0 Å². The summed E-state index contributed by atoms with van der Waals surface area (Å²) < 4.78 is 5.93. The molecule has 1 rings (SSSR count). The van der Waals surface area contributed by atoms with Crippen LogP contribution in [-0.2, 0) is 9.53 Å². The molecule has 1 aliphatic rings. The standard InChI is InChI=1S/C18H34O2/c1-8-17(5,6)18(7,16(2,3)4)15(19)20-14-12-10-9-11-13-14/h14H,8-13H2,1-7H3. The fraction of sp³-hybridized carbons (Fsp3) is 0.944. The van der Waals surface area contributed by atoms with Gasteiger partial charge in [0.25, 0.3) is 0 Å². The number of carbonyl (C=O) groups excluding carboxylic acids is 1. The van der Waals surface area contributed by atoms with Crippen molar-refractivity contribution in [2.24, 2.45) is 16.2 Å². The van der Waals surface area contributed by atoms with Gasteiger partial charge < -0.3 is 4.74 Å². The van der Waals surface area contributed by atoms with Crippen LogP contribution < -0.4 is 0 Å². The van der Waals surface area contributed by atoms with Gasteiger partial charge in [0.05, 0.1) is 5.41 Å². The van der Waals surface area contributed by atoms with Gasteiger partial charge in [0, 0.05) is 0 Å². The molecule has 1 saturated carbocycles. The number of esters is 1. The summed E-state index contributed by atoms with van der Waals surface area (Å²) in [6.07, 6.45) is 6.87. The lowest BCUT2D eigenvalue weighted by atomic mass is 9.53. The van der Waals surface area contributed by atoms with E-state index in [-0.39, 0.29) is 22.9 Å². The first-order valence-corrected chi connectivity index (χ1v) is 8.27. The highest BCUT2D eigenvalue weighted by atomic mass is 16.5. The predicted octanol–water partition coefficient (Wildman–Crippen LogP) is 5.35. The highest BCUT2D eigenvalue weighted by molar-refractivity contribution is 5.78. The second-order valence-corrected chi connectivity index (χ2v) is 8.28. The van der Waals surface area contributed by atoms with Crippen molar-refractivity contribution in [3.63, 3.8) is 0 Å². The molecular weight excluding hydrogens is 248 g/mol. The van der Waals surface area contributed by atoms with Gasteiger partial charge in [-0.3, -0.25) is 4.79 Å². The number of hydrogen-bond donors (Lipinski definition) is 0. The first-order valence-electron chi connectivity index (χ1n) is 8.27. The molecule has 0 spiro atoms. The molecule has 1 aliphatic carbocycles. The van der Waals surface area contributed by atoms with Crippen LogP contribution in [0.25, 0.3) is 0 Å². The van der Waals surface area contributed by atoms with Gasteiger partial charge in [-0.05, 0) is 49.9 Å². The van der Waals surface area contributed by atoms with E-state index in [1.165, 1.54) is 19.3 Å². The van der Waals surface area contributed by atoms with Crippen LogP contribution in [0.4, 0.5) is 0 Å². The van der Waals surface area contributed by atoms with E-state index in [1.54, 1.807) is 0 Å². The first-order chi connectivity index (χ1) is 9.06. The third-order valence-corrected chi connectivity index (χ3v) is 5.97. The molecule has 1 atom stereocenters. The molecular formula is C18H34O2. The van der Waals surface area contributed by atoms with E-state index in [0.29, 0.717) is 0 Å². The molecule has 0 amide bonds. The zero-order valence-corrected chi connectivity index (χ0v) is 14.6. The molecule has 1 unspecified atom stereocenters. The van der Waals surface area contributed by atoms with Gasteiger partial charge >= 0.3 is 5.97 Å². The highest BCUT2D eigenvalue weighted by Gasteiger charge is 2.55. The van der Waals surface area contributed by atoms with Gasteiger partial charge in [0.2, 0.25) is 0 Å². The fourth-order valence-electron chi connectivity index (χ4n) is 3.40. The molecule has 1 fully saturated rings. The average molecular weight is 282 g/mol. The van der Waals surface area contributed by atoms with Crippen molar-refractivity contribution in [1.29, 1.82) is 0 Å². The second-order valence-electron chi connectivity index (χ2n) is 8.28. The maximum absolute atomic E-state index is 13.0. The van der Waals surface area contributed by atoms with Crippen LogP contribution in [0, 0.1) is 16.2 Å². The predicted molar refractivity (Wildman–Crippen MR) is 84.6 cm³/mol. The average Bonchev–Trinajstić information content (AvgIpc) is 2.37. The minimum Gasteiger partial charge on any atom is -0.462 e. The lowest BCUT2D eigenvalue weighted by Gasteiger charge is -2.50. The lowest BCUT2D eigenvalue weighted by Crippen LogP contribution is -2.52. The Morgan fingerprint density at radius 1 is 1.00 bits per heavy atom. The summed E-state index contributed by atoms with van der Waals surface area (Å²) in [5.41, 5.74) is -0.651. The molecule has 0 aliphatic heterocycles. The number of hydrogen-bond acceptors (Lipinski definition) is 2. The Morgan fingerprint density at radius 2 is 1.50 bits per heavy atom. The molecule has 0 aromatic carbocycles. The summed E-state index contributed by atoms with van der Waals surface area (Å²) in [7, 11) is 0. The van der Waals surface area contributed by atoms with E-state index in [9.17, 15) is 4.79 Å². The SMILES string of the molecule is CCC(C)(C)C(C)(C(=O)OC1CCCCC1)C(C)(C)C. The molecule has 0 radical (unpaired) electrons. The lowest BCUT2D eigenvalue weighted by molar-refractivity contribution is -0.181. The summed E-state index contributed by atoms with van der Waals surface area (Å²) >= 11 is 0. The van der Waals surface area contributed by atoms with Crippen LogP contribution in [0.1, 0.15) is 87.0 Å². The Morgan fingerprint density at radius 3 is 1.90 bits per heavy atom. The minimum atomic E-state index is -0.466. The van der Waals surface area contributed by atoms with Crippen molar-refractivity contribution in [2.75, 3.05) is 0 Å². The van der Waals surface area contributed by atoms with Crippen LogP contribution in [0.15, 0.2) is 0 Å². The first kappa shape index (κ1) is 17.5. The molecule has 2 heteroatoms. The van der Waals surface area contributed by atoms with Crippen molar-refractivity contribution in [1.82, 2.24) is 0 Å². The van der Waals surface area contributed by atoms with Crippen LogP contribution >= 0.6 is 0 Å². The molecule has 20 heavy (non-hydrogen) atoms. The topological polar surface area (TPSA) is 26.3 Å². The van der Waals surface area contributed by atoms with E-state index in [1.807, 2.05) is 0 Å². The molecule has 2 nitrogen and oxygen atoms in total. The largest absolute Gasteiger partial charge is 0.462 e. The molecule has 0 N–H and O–H groups in total. The van der Waals surface area contributed by atoms with Crippen LogP contribution in [0.2, 0.25) is 0 Å². The Hall–Kier alpha value is -0.530. The quantitative estimate of drug-likeness (QED) is 0.650. The normalized spacial score (nSPS) is 21.4. The Kier molecular flexibility index (Phi) is 5.32. The van der Waals surface area contributed by atoms with Crippen molar-refractivity contribution in [3.8, 4) is 0 Å². The van der Waals surface area contributed by atoms with Crippen LogP contribution in [-0.4, -0.2) is 12.1 Å². The maximum Gasteiger partial charge on any atom is 0.313 e. The van der Waals surface area contributed by atoms with Gasteiger partial charge in [-0.25, -0.2) is 0 Å². The summed E-state index contributed by atoms with van der Waals surface area (Å²) in [5, 5.41) is 0. The third kappa shape index (κ3) is 3.20. The molecule has 0 heterocycles. The molecule has 0 bridgehead atoms. The van der Waals surface area contributed by atoms with Crippen molar-refractivity contribution in [3.05, 3.63) is 0 Å². The summed E-state index contributed by atoms with van der Waals surface area (Å²) in [4.78, 5) is 13.0. The minimum absolute atomic E-state index is 0.00347. The van der Waals surface area contributed by atoms with Crippen molar-refractivity contribution >= 4 is 5.97 Å². The van der Waals surface area contributed by atoms with Crippen LogP contribution in [0.3, 0.4) is 0 Å². The van der Waals surface area contributed by atoms with Gasteiger partial charge in [0.1, 0.15) is 6.10 Å².